The second kappa shape index (κ2) is 9.66. The van der Waals surface area contributed by atoms with Crippen LogP contribution in [0.1, 0.15) is 30.9 Å². The number of hydrogen-bond acceptors (Lipinski definition) is 5. The number of aryl methyl sites for hydroxylation is 1. The zero-order valence-corrected chi connectivity index (χ0v) is 16.1. The molecule has 152 valence electrons. The van der Waals surface area contributed by atoms with E-state index in [1.165, 1.54) is 12.1 Å². The first kappa shape index (κ1) is 20.3. The van der Waals surface area contributed by atoms with Gasteiger partial charge in [-0.1, -0.05) is 6.07 Å². The smallest absolute Gasteiger partial charge is 0.234 e. The molecule has 0 aliphatic carbocycles. The average molecular weight is 390 g/mol. The first-order valence-electron chi connectivity index (χ1n) is 9.57. The Bertz CT molecular complexity index is 782. The highest BCUT2D eigenvalue weighted by Crippen LogP contribution is 2.26. The number of carbonyl (C=O) groups is 1. The van der Waals surface area contributed by atoms with Crippen LogP contribution in [0.2, 0.25) is 0 Å². The molecule has 2 heterocycles. The number of rotatable bonds is 9. The maximum atomic E-state index is 13.1. The lowest BCUT2D eigenvalue weighted by molar-refractivity contribution is -0.122. The molecule has 1 amide bonds. The van der Waals surface area contributed by atoms with Crippen molar-refractivity contribution in [1.29, 1.82) is 0 Å². The number of nitrogens with zero attached hydrogens (tertiary/aromatic N) is 3. The monoisotopic (exact) mass is 390 g/mol. The summed E-state index contributed by atoms with van der Waals surface area (Å²) in [5, 5.41) is 17.3. The van der Waals surface area contributed by atoms with Crippen molar-refractivity contribution >= 4 is 5.91 Å². The minimum Gasteiger partial charge on any atom is -0.492 e. The molecule has 2 atom stereocenters. The third-order valence-electron chi connectivity index (χ3n) is 4.94. The van der Waals surface area contributed by atoms with Crippen LogP contribution in [-0.2, 0) is 11.8 Å². The SMILES string of the molecule is Cn1cc(C(O)CC2CCCN2CC(=O)NCCOc2cccc(F)c2)cn1. The molecule has 2 unspecified atom stereocenters. The number of halogens is 1. The Morgan fingerprint density at radius 3 is 3.11 bits per heavy atom. The Morgan fingerprint density at radius 1 is 1.50 bits per heavy atom. The van der Waals surface area contributed by atoms with Gasteiger partial charge in [0.1, 0.15) is 18.2 Å². The van der Waals surface area contributed by atoms with Crippen LogP contribution in [0, 0.1) is 5.82 Å². The van der Waals surface area contributed by atoms with E-state index in [0.717, 1.165) is 24.9 Å². The van der Waals surface area contributed by atoms with Crippen molar-refractivity contribution in [1.82, 2.24) is 20.0 Å². The van der Waals surface area contributed by atoms with Crippen LogP contribution in [0.4, 0.5) is 4.39 Å². The third kappa shape index (κ3) is 5.77. The number of aromatic nitrogens is 2. The summed E-state index contributed by atoms with van der Waals surface area (Å²) in [7, 11) is 1.82. The molecule has 7 nitrogen and oxygen atoms in total. The van der Waals surface area contributed by atoms with Gasteiger partial charge in [-0.15, -0.1) is 0 Å². The fraction of sp³-hybridized carbons (Fsp3) is 0.500. The van der Waals surface area contributed by atoms with Crippen molar-refractivity contribution in [3.63, 3.8) is 0 Å². The summed E-state index contributed by atoms with van der Waals surface area (Å²) in [6.45, 7) is 1.77. The van der Waals surface area contributed by atoms with E-state index in [9.17, 15) is 14.3 Å². The van der Waals surface area contributed by atoms with Gasteiger partial charge in [0.15, 0.2) is 0 Å². The Labute approximate surface area is 164 Å². The number of benzene rings is 1. The maximum absolute atomic E-state index is 13.1. The molecule has 2 aromatic rings. The molecule has 3 rings (SSSR count). The molecule has 1 fully saturated rings. The van der Waals surface area contributed by atoms with Crippen LogP contribution in [0.3, 0.4) is 0 Å². The fourth-order valence-electron chi connectivity index (χ4n) is 3.53. The van der Waals surface area contributed by atoms with E-state index in [1.54, 1.807) is 23.0 Å². The number of hydrogen-bond donors (Lipinski definition) is 2. The molecule has 0 bridgehead atoms. The molecule has 0 spiro atoms. The number of likely N-dealkylation sites (tertiary alicyclic amines) is 1. The van der Waals surface area contributed by atoms with Gasteiger partial charge in [-0.25, -0.2) is 4.39 Å². The topological polar surface area (TPSA) is 79.6 Å². The van der Waals surface area contributed by atoms with Crippen molar-refractivity contribution in [2.24, 2.45) is 7.05 Å². The number of nitrogens with one attached hydrogen (secondary N) is 1. The number of amides is 1. The predicted octanol–water partition coefficient (Wildman–Crippen LogP) is 1.64. The quantitative estimate of drug-likeness (QED) is 0.637. The highest BCUT2D eigenvalue weighted by atomic mass is 19.1. The molecule has 1 aromatic carbocycles. The van der Waals surface area contributed by atoms with E-state index in [2.05, 4.69) is 15.3 Å². The van der Waals surface area contributed by atoms with Crippen molar-refractivity contribution in [2.45, 2.75) is 31.4 Å². The van der Waals surface area contributed by atoms with Crippen LogP contribution >= 0.6 is 0 Å². The standard InChI is InChI=1S/C20H27FN4O3/c1-24-13-15(12-23-24)19(26)11-17-5-3-8-25(17)14-20(27)22-7-9-28-18-6-2-4-16(21)10-18/h2,4,6,10,12-13,17,19,26H,3,5,7-9,11,14H2,1H3,(H,22,27). The molecular formula is C20H27FN4O3. The fourth-order valence-corrected chi connectivity index (χ4v) is 3.53. The molecule has 28 heavy (non-hydrogen) atoms. The van der Waals surface area contributed by atoms with E-state index in [4.69, 9.17) is 4.74 Å². The van der Waals surface area contributed by atoms with Crippen molar-refractivity contribution in [3.05, 3.63) is 48.0 Å². The Hall–Kier alpha value is -2.45. The van der Waals surface area contributed by atoms with Crippen LogP contribution in [0.25, 0.3) is 0 Å². The first-order valence-corrected chi connectivity index (χ1v) is 9.57. The molecule has 2 N–H and O–H groups in total. The summed E-state index contributed by atoms with van der Waals surface area (Å²) >= 11 is 0. The lowest BCUT2D eigenvalue weighted by atomic mass is 10.0. The highest BCUT2D eigenvalue weighted by molar-refractivity contribution is 5.78. The number of ether oxygens (including phenoxy) is 1. The normalized spacial score (nSPS) is 18.2. The minimum atomic E-state index is -0.581. The van der Waals surface area contributed by atoms with Gasteiger partial charge < -0.3 is 15.2 Å². The molecular weight excluding hydrogens is 363 g/mol. The summed E-state index contributed by atoms with van der Waals surface area (Å²) in [5.74, 6) is 0.0129. The summed E-state index contributed by atoms with van der Waals surface area (Å²) in [5.41, 5.74) is 0.799. The Kier molecular flexibility index (Phi) is 7.00. The van der Waals surface area contributed by atoms with Gasteiger partial charge in [-0.2, -0.15) is 5.10 Å². The summed E-state index contributed by atoms with van der Waals surface area (Å²) < 4.78 is 20.2. The van der Waals surface area contributed by atoms with Gasteiger partial charge in [0.2, 0.25) is 5.91 Å². The van der Waals surface area contributed by atoms with Crippen molar-refractivity contribution in [3.8, 4) is 5.75 Å². The zero-order valence-electron chi connectivity index (χ0n) is 16.1. The molecule has 1 aliphatic rings. The Morgan fingerprint density at radius 2 is 2.36 bits per heavy atom. The lowest BCUT2D eigenvalue weighted by Gasteiger charge is -2.25. The molecule has 1 saturated heterocycles. The van der Waals surface area contributed by atoms with Gasteiger partial charge >= 0.3 is 0 Å². The summed E-state index contributed by atoms with van der Waals surface area (Å²) in [6.07, 6.45) is 5.47. The third-order valence-corrected chi connectivity index (χ3v) is 4.94. The van der Waals surface area contributed by atoms with Crippen LogP contribution < -0.4 is 10.1 Å². The van der Waals surface area contributed by atoms with Crippen LogP contribution in [-0.4, -0.2) is 58.0 Å². The number of carbonyl (C=O) groups excluding carboxylic acids is 1. The van der Waals surface area contributed by atoms with Gasteiger partial charge in [0.05, 0.1) is 25.4 Å². The van der Waals surface area contributed by atoms with Crippen molar-refractivity contribution in [2.75, 3.05) is 26.2 Å². The second-order valence-corrected chi connectivity index (χ2v) is 7.12. The molecule has 0 saturated carbocycles. The lowest BCUT2D eigenvalue weighted by Crippen LogP contribution is -2.41. The van der Waals surface area contributed by atoms with E-state index in [-0.39, 0.29) is 24.4 Å². The predicted molar refractivity (Wildman–Crippen MR) is 102 cm³/mol. The van der Waals surface area contributed by atoms with Gasteiger partial charge in [-0.3, -0.25) is 14.4 Å². The van der Waals surface area contributed by atoms with Crippen LogP contribution in [0.5, 0.6) is 5.75 Å². The van der Waals surface area contributed by atoms with E-state index in [0.29, 0.717) is 25.3 Å². The maximum Gasteiger partial charge on any atom is 0.234 e. The number of aliphatic hydroxyl groups excluding tert-OH is 1. The highest BCUT2D eigenvalue weighted by Gasteiger charge is 2.28. The van der Waals surface area contributed by atoms with Crippen LogP contribution in [0.15, 0.2) is 36.7 Å². The van der Waals surface area contributed by atoms with E-state index >= 15 is 0 Å². The second-order valence-electron chi connectivity index (χ2n) is 7.12. The average Bonchev–Trinajstić information content (AvgIpc) is 3.28. The molecule has 8 heteroatoms. The zero-order chi connectivity index (χ0) is 19.9. The number of aliphatic hydroxyl groups is 1. The largest absolute Gasteiger partial charge is 0.492 e. The Balaban J connectivity index is 1.39. The molecule has 1 aliphatic heterocycles. The first-order chi connectivity index (χ1) is 13.5. The summed E-state index contributed by atoms with van der Waals surface area (Å²) in [4.78, 5) is 14.3. The summed E-state index contributed by atoms with van der Waals surface area (Å²) in [6, 6.07) is 6.09. The van der Waals surface area contributed by atoms with Gasteiger partial charge in [0.25, 0.3) is 0 Å². The van der Waals surface area contributed by atoms with Crippen molar-refractivity contribution < 1.29 is 19.0 Å². The minimum absolute atomic E-state index is 0.0781. The molecule has 0 radical (unpaired) electrons. The van der Waals surface area contributed by atoms with E-state index in [1.807, 2.05) is 13.2 Å². The van der Waals surface area contributed by atoms with E-state index < -0.39 is 6.10 Å². The molecule has 1 aromatic heterocycles. The van der Waals surface area contributed by atoms with Gasteiger partial charge in [0, 0.05) is 30.9 Å². The van der Waals surface area contributed by atoms with Gasteiger partial charge in [-0.05, 0) is 37.9 Å².